The smallest absolute Gasteiger partial charge is 0.142 e. The molecular formula is C12H9NOS. The van der Waals surface area contributed by atoms with Crippen molar-refractivity contribution in [2.45, 2.75) is 0 Å². The van der Waals surface area contributed by atoms with Crippen LogP contribution in [0.15, 0.2) is 41.9 Å². The van der Waals surface area contributed by atoms with Gasteiger partial charge in [0.05, 0.1) is 10.6 Å². The molecule has 15 heavy (non-hydrogen) atoms. The van der Waals surface area contributed by atoms with Crippen molar-refractivity contribution in [2.75, 3.05) is 0 Å². The molecule has 0 aliphatic carbocycles. The number of thiophene rings is 1. The Kier molecular flexibility index (Phi) is 3.05. The number of rotatable bonds is 3. The molecule has 0 aliphatic rings. The topological polar surface area (TPSA) is 30.0 Å². The molecule has 0 bridgehead atoms. The van der Waals surface area contributed by atoms with E-state index in [0.29, 0.717) is 0 Å². The van der Waals surface area contributed by atoms with E-state index in [1.807, 2.05) is 29.6 Å². The zero-order valence-corrected chi connectivity index (χ0v) is 8.78. The van der Waals surface area contributed by atoms with Crippen LogP contribution in [0.5, 0.6) is 0 Å². The van der Waals surface area contributed by atoms with Gasteiger partial charge in [0.15, 0.2) is 0 Å². The number of aldehydes is 1. The van der Waals surface area contributed by atoms with Crippen LogP contribution in [0, 0.1) is 0 Å². The molecule has 0 saturated carbocycles. The van der Waals surface area contributed by atoms with E-state index in [-0.39, 0.29) is 0 Å². The normalized spacial score (nSPS) is 10.7. The number of allylic oxidation sites excluding steroid dienone is 1. The van der Waals surface area contributed by atoms with Crippen LogP contribution in [-0.4, -0.2) is 11.3 Å². The van der Waals surface area contributed by atoms with E-state index in [0.717, 1.165) is 22.4 Å². The van der Waals surface area contributed by atoms with Crippen LogP contribution in [0.3, 0.4) is 0 Å². The van der Waals surface area contributed by atoms with Crippen LogP contribution in [0.4, 0.5) is 0 Å². The van der Waals surface area contributed by atoms with Crippen LogP contribution in [0.1, 0.15) is 5.56 Å². The summed E-state index contributed by atoms with van der Waals surface area (Å²) in [6.45, 7) is 0. The molecular weight excluding hydrogens is 206 g/mol. The Morgan fingerprint density at radius 1 is 1.33 bits per heavy atom. The number of hydrogen-bond acceptors (Lipinski definition) is 3. The fourth-order valence-corrected chi connectivity index (χ4v) is 2.09. The van der Waals surface area contributed by atoms with Gasteiger partial charge in [-0.1, -0.05) is 12.1 Å². The lowest BCUT2D eigenvalue weighted by atomic mass is 10.2. The van der Waals surface area contributed by atoms with Crippen molar-refractivity contribution in [1.29, 1.82) is 0 Å². The van der Waals surface area contributed by atoms with E-state index >= 15 is 0 Å². The molecule has 0 amide bonds. The predicted molar refractivity (Wildman–Crippen MR) is 62.6 cm³/mol. The van der Waals surface area contributed by atoms with E-state index in [1.165, 1.54) is 6.08 Å². The van der Waals surface area contributed by atoms with Gasteiger partial charge in [-0.05, 0) is 35.2 Å². The molecule has 0 aliphatic heterocycles. The monoisotopic (exact) mass is 215 g/mol. The van der Waals surface area contributed by atoms with Gasteiger partial charge in [0.2, 0.25) is 0 Å². The summed E-state index contributed by atoms with van der Waals surface area (Å²) < 4.78 is 0. The fraction of sp³-hybridized carbons (Fsp3) is 0. The molecule has 2 rings (SSSR count). The Labute approximate surface area is 91.9 Å². The molecule has 2 nitrogen and oxygen atoms in total. The molecule has 74 valence electrons. The Morgan fingerprint density at radius 3 is 3.00 bits per heavy atom. The highest BCUT2D eigenvalue weighted by atomic mass is 32.1. The van der Waals surface area contributed by atoms with E-state index in [1.54, 1.807) is 23.6 Å². The number of aromatic nitrogens is 1. The Balaban J connectivity index is 2.28. The molecule has 0 fully saturated rings. The van der Waals surface area contributed by atoms with Crippen LogP contribution in [0.25, 0.3) is 16.6 Å². The van der Waals surface area contributed by atoms with Crippen LogP contribution >= 0.6 is 11.3 Å². The van der Waals surface area contributed by atoms with Crippen molar-refractivity contribution in [1.82, 2.24) is 4.98 Å². The van der Waals surface area contributed by atoms with E-state index in [4.69, 9.17) is 0 Å². The lowest BCUT2D eigenvalue weighted by molar-refractivity contribution is -0.104. The number of carbonyl (C=O) groups is 1. The van der Waals surface area contributed by atoms with Gasteiger partial charge in [0.25, 0.3) is 0 Å². The van der Waals surface area contributed by atoms with Gasteiger partial charge in [-0.2, -0.15) is 0 Å². The van der Waals surface area contributed by atoms with Gasteiger partial charge in [0, 0.05) is 6.20 Å². The highest BCUT2D eigenvalue weighted by molar-refractivity contribution is 7.13. The third-order valence-corrected chi connectivity index (χ3v) is 2.88. The van der Waals surface area contributed by atoms with Crippen molar-refractivity contribution in [3.05, 3.63) is 47.5 Å². The molecule has 0 aromatic carbocycles. The predicted octanol–water partition coefficient (Wildman–Crippen LogP) is 3.02. The molecule has 2 heterocycles. The maximum absolute atomic E-state index is 10.2. The first kappa shape index (κ1) is 9.80. The lowest BCUT2D eigenvalue weighted by Crippen LogP contribution is -1.75. The first-order valence-electron chi connectivity index (χ1n) is 4.52. The lowest BCUT2D eigenvalue weighted by Gasteiger charge is -1.92. The van der Waals surface area contributed by atoms with Gasteiger partial charge in [-0.15, -0.1) is 11.3 Å². The first-order valence-corrected chi connectivity index (χ1v) is 5.40. The maximum atomic E-state index is 10.2. The summed E-state index contributed by atoms with van der Waals surface area (Å²) in [5.41, 5.74) is 2.00. The average molecular weight is 215 g/mol. The van der Waals surface area contributed by atoms with Crippen molar-refractivity contribution in [2.24, 2.45) is 0 Å². The second kappa shape index (κ2) is 4.66. The zero-order valence-electron chi connectivity index (χ0n) is 7.96. The standard InChI is InChI=1S/C12H9NOS/c14-7-3-4-10-8-12(15-9-10)11-5-1-2-6-13-11/h1-9H/b4-3+. The number of pyridine rings is 1. The van der Waals surface area contributed by atoms with Crippen molar-refractivity contribution in [3.8, 4) is 10.6 Å². The van der Waals surface area contributed by atoms with Gasteiger partial charge in [0.1, 0.15) is 6.29 Å². The molecule has 0 spiro atoms. The number of nitrogens with zero attached hydrogens (tertiary/aromatic N) is 1. The Bertz CT molecular complexity index is 473. The van der Waals surface area contributed by atoms with E-state index in [9.17, 15) is 4.79 Å². The van der Waals surface area contributed by atoms with Gasteiger partial charge in [-0.3, -0.25) is 9.78 Å². The number of carbonyl (C=O) groups excluding carboxylic acids is 1. The zero-order chi connectivity index (χ0) is 10.5. The molecule has 2 aromatic rings. The van der Waals surface area contributed by atoms with Crippen LogP contribution in [0.2, 0.25) is 0 Å². The molecule has 0 saturated heterocycles. The molecule has 3 heteroatoms. The highest BCUT2D eigenvalue weighted by Gasteiger charge is 2.00. The maximum Gasteiger partial charge on any atom is 0.142 e. The minimum Gasteiger partial charge on any atom is -0.299 e. The van der Waals surface area contributed by atoms with E-state index in [2.05, 4.69) is 4.98 Å². The molecule has 0 atom stereocenters. The Morgan fingerprint density at radius 2 is 2.27 bits per heavy atom. The SMILES string of the molecule is O=C/C=C/c1csc(-c2ccccn2)c1. The van der Waals surface area contributed by atoms with Crippen molar-refractivity contribution >= 4 is 23.7 Å². The second-order valence-electron chi connectivity index (χ2n) is 2.95. The van der Waals surface area contributed by atoms with Gasteiger partial charge in [-0.25, -0.2) is 0 Å². The first-order chi connectivity index (χ1) is 7.40. The quantitative estimate of drug-likeness (QED) is 0.582. The third kappa shape index (κ3) is 2.39. The average Bonchev–Trinajstić information content (AvgIpc) is 2.76. The third-order valence-electron chi connectivity index (χ3n) is 1.90. The summed E-state index contributed by atoms with van der Waals surface area (Å²) >= 11 is 1.62. The van der Waals surface area contributed by atoms with Gasteiger partial charge >= 0.3 is 0 Å². The summed E-state index contributed by atoms with van der Waals surface area (Å²) in [4.78, 5) is 15.5. The van der Waals surface area contributed by atoms with Gasteiger partial charge < -0.3 is 0 Å². The van der Waals surface area contributed by atoms with E-state index < -0.39 is 0 Å². The highest BCUT2D eigenvalue weighted by Crippen LogP contribution is 2.25. The number of hydrogen-bond donors (Lipinski definition) is 0. The minimum absolute atomic E-state index is 0.776. The molecule has 0 radical (unpaired) electrons. The summed E-state index contributed by atoms with van der Waals surface area (Å²) in [5, 5.41) is 2.00. The summed E-state index contributed by atoms with van der Waals surface area (Å²) in [7, 11) is 0. The molecule has 0 unspecified atom stereocenters. The largest absolute Gasteiger partial charge is 0.299 e. The molecule has 0 N–H and O–H groups in total. The van der Waals surface area contributed by atoms with Crippen LogP contribution in [-0.2, 0) is 4.79 Å². The summed E-state index contributed by atoms with van der Waals surface area (Å²) in [5.74, 6) is 0. The van der Waals surface area contributed by atoms with Crippen molar-refractivity contribution in [3.63, 3.8) is 0 Å². The fourth-order valence-electron chi connectivity index (χ4n) is 1.23. The summed E-state index contributed by atoms with van der Waals surface area (Å²) in [6.07, 6.45) is 5.83. The second-order valence-corrected chi connectivity index (χ2v) is 3.87. The van der Waals surface area contributed by atoms with Crippen molar-refractivity contribution < 1.29 is 4.79 Å². The molecule has 2 aromatic heterocycles. The Hall–Kier alpha value is -1.74. The minimum atomic E-state index is 0.776. The summed E-state index contributed by atoms with van der Waals surface area (Å²) in [6, 6.07) is 7.85. The van der Waals surface area contributed by atoms with Crippen LogP contribution < -0.4 is 0 Å².